The quantitative estimate of drug-likeness (QED) is 0.826. The summed E-state index contributed by atoms with van der Waals surface area (Å²) in [5.74, 6) is -0.969. The fourth-order valence-electron chi connectivity index (χ4n) is 1.36. The lowest BCUT2D eigenvalue weighted by molar-refractivity contribution is 0.0825. The molecule has 0 bridgehead atoms. The number of halogens is 1. The number of nitrogens with zero attached hydrogens (tertiary/aromatic N) is 1. The molecule has 2 N–H and O–H groups in total. The van der Waals surface area contributed by atoms with Gasteiger partial charge in [-0.2, -0.15) is 0 Å². The average Bonchev–Trinajstić information content (AvgIpc) is 2.83. The lowest BCUT2D eigenvalue weighted by atomic mass is 10.2. The van der Waals surface area contributed by atoms with Gasteiger partial charge in [0.25, 0.3) is 5.91 Å². The first-order valence-electron chi connectivity index (χ1n) is 5.36. The summed E-state index contributed by atoms with van der Waals surface area (Å²) in [6, 6.07) is 8.35. The summed E-state index contributed by atoms with van der Waals surface area (Å²) in [6.07, 6.45) is 0. The van der Waals surface area contributed by atoms with Crippen molar-refractivity contribution in [3.8, 4) is 0 Å². The molecule has 19 heavy (non-hydrogen) atoms. The molecular weight excluding hydrogens is 314 g/mol. The zero-order chi connectivity index (χ0) is 13.8. The molecule has 2 rings (SSSR count). The van der Waals surface area contributed by atoms with Crippen LogP contribution in [0.5, 0.6) is 0 Å². The molecule has 1 heterocycles. The minimum Gasteiger partial charge on any atom is -0.351 e. The van der Waals surface area contributed by atoms with Gasteiger partial charge in [0.2, 0.25) is 5.76 Å². The van der Waals surface area contributed by atoms with Crippen LogP contribution >= 0.6 is 15.9 Å². The summed E-state index contributed by atoms with van der Waals surface area (Å²) >= 11 is 3.25. The van der Waals surface area contributed by atoms with Crippen molar-refractivity contribution in [3.63, 3.8) is 0 Å². The Morgan fingerprint density at radius 3 is 2.53 bits per heavy atom. The molecule has 0 aliphatic rings. The molecule has 6 nitrogen and oxygen atoms in total. The van der Waals surface area contributed by atoms with Crippen LogP contribution in [0.2, 0.25) is 0 Å². The minimum absolute atomic E-state index is 0.0323. The van der Waals surface area contributed by atoms with Crippen LogP contribution in [-0.2, 0) is 0 Å². The Hall–Kier alpha value is -2.15. The van der Waals surface area contributed by atoms with E-state index in [2.05, 4.69) is 31.9 Å². The van der Waals surface area contributed by atoms with E-state index in [9.17, 15) is 9.59 Å². The minimum atomic E-state index is -0.569. The van der Waals surface area contributed by atoms with Crippen molar-refractivity contribution in [1.29, 1.82) is 0 Å². The lowest BCUT2D eigenvalue weighted by Gasteiger charge is -2.06. The van der Waals surface area contributed by atoms with E-state index >= 15 is 0 Å². The summed E-state index contributed by atoms with van der Waals surface area (Å²) in [7, 11) is 0. The van der Waals surface area contributed by atoms with Crippen molar-refractivity contribution in [2.45, 2.75) is 6.92 Å². The third kappa shape index (κ3) is 3.19. The van der Waals surface area contributed by atoms with Crippen molar-refractivity contribution >= 4 is 27.7 Å². The van der Waals surface area contributed by atoms with Crippen LogP contribution in [0.3, 0.4) is 0 Å². The highest BCUT2D eigenvalue weighted by molar-refractivity contribution is 9.10. The van der Waals surface area contributed by atoms with Crippen LogP contribution in [-0.4, -0.2) is 17.0 Å². The first-order valence-corrected chi connectivity index (χ1v) is 6.16. The van der Waals surface area contributed by atoms with Gasteiger partial charge in [-0.3, -0.25) is 20.4 Å². The summed E-state index contributed by atoms with van der Waals surface area (Å²) in [4.78, 5) is 23.4. The van der Waals surface area contributed by atoms with Gasteiger partial charge < -0.3 is 4.52 Å². The van der Waals surface area contributed by atoms with Crippen LogP contribution in [0.1, 0.15) is 26.6 Å². The van der Waals surface area contributed by atoms with E-state index in [4.69, 9.17) is 4.52 Å². The largest absolute Gasteiger partial charge is 0.351 e. The number of hydrazine groups is 1. The van der Waals surface area contributed by atoms with E-state index in [0.717, 1.165) is 0 Å². The molecule has 0 unspecified atom stereocenters. The molecule has 1 aromatic heterocycles. The number of nitrogens with one attached hydrogen (secondary N) is 2. The zero-order valence-electron chi connectivity index (χ0n) is 9.94. The van der Waals surface area contributed by atoms with Crippen molar-refractivity contribution in [2.24, 2.45) is 0 Å². The first-order chi connectivity index (χ1) is 9.08. The molecule has 98 valence electrons. The number of hydrogen-bond donors (Lipinski definition) is 2. The number of aryl methyl sites for hydroxylation is 1. The number of amides is 2. The fourth-order valence-corrected chi connectivity index (χ4v) is 1.82. The fraction of sp³-hybridized carbons (Fsp3) is 0.0833. The maximum Gasteiger partial charge on any atom is 0.308 e. The van der Waals surface area contributed by atoms with Gasteiger partial charge in [0, 0.05) is 10.5 Å². The molecule has 2 amide bonds. The molecule has 0 fully saturated rings. The van der Waals surface area contributed by atoms with Gasteiger partial charge in [0.05, 0.1) is 11.3 Å². The van der Waals surface area contributed by atoms with Gasteiger partial charge in [-0.05, 0) is 35.0 Å². The highest BCUT2D eigenvalue weighted by Crippen LogP contribution is 2.15. The number of rotatable bonds is 2. The van der Waals surface area contributed by atoms with E-state index in [1.54, 1.807) is 31.2 Å². The van der Waals surface area contributed by atoms with E-state index in [1.807, 2.05) is 0 Å². The van der Waals surface area contributed by atoms with Crippen LogP contribution in [0, 0.1) is 6.92 Å². The molecule has 1 aromatic carbocycles. The Morgan fingerprint density at radius 1 is 1.21 bits per heavy atom. The van der Waals surface area contributed by atoms with Crippen molar-refractivity contribution in [2.75, 3.05) is 0 Å². The molecule has 0 atom stereocenters. The summed E-state index contributed by atoms with van der Waals surface area (Å²) in [5, 5.41) is 3.58. The molecule has 0 radical (unpaired) electrons. The van der Waals surface area contributed by atoms with Gasteiger partial charge in [-0.25, -0.2) is 0 Å². The van der Waals surface area contributed by atoms with Gasteiger partial charge in [0.15, 0.2) is 0 Å². The normalized spacial score (nSPS) is 10.0. The van der Waals surface area contributed by atoms with E-state index in [-0.39, 0.29) is 5.76 Å². The Morgan fingerprint density at radius 2 is 1.89 bits per heavy atom. The Bertz CT molecular complexity index is 624. The van der Waals surface area contributed by atoms with Gasteiger partial charge in [-0.15, -0.1) is 0 Å². The lowest BCUT2D eigenvalue weighted by Crippen LogP contribution is -2.41. The number of benzene rings is 1. The van der Waals surface area contributed by atoms with Crippen molar-refractivity contribution in [1.82, 2.24) is 16.0 Å². The average molecular weight is 324 g/mol. The van der Waals surface area contributed by atoms with Crippen molar-refractivity contribution in [3.05, 3.63) is 51.8 Å². The molecule has 2 aromatic rings. The number of aromatic nitrogens is 1. The third-order valence-electron chi connectivity index (χ3n) is 2.26. The van der Waals surface area contributed by atoms with E-state index < -0.39 is 11.8 Å². The molecule has 0 saturated carbocycles. The molecule has 0 spiro atoms. The standard InChI is InChI=1S/C12H10BrN3O3/c1-7-6-10(19-16-7)12(18)15-14-11(17)8-4-2-3-5-9(8)13/h2-6H,1H3,(H,14,17)(H,15,18). The second kappa shape index (κ2) is 5.66. The first kappa shape index (κ1) is 13.3. The summed E-state index contributed by atoms with van der Waals surface area (Å²) in [5.41, 5.74) is 5.53. The zero-order valence-corrected chi connectivity index (χ0v) is 11.5. The highest BCUT2D eigenvalue weighted by Gasteiger charge is 2.14. The van der Waals surface area contributed by atoms with E-state index in [1.165, 1.54) is 6.07 Å². The smallest absolute Gasteiger partial charge is 0.308 e. The second-order valence-corrected chi connectivity index (χ2v) is 4.57. The van der Waals surface area contributed by atoms with Crippen LogP contribution in [0.25, 0.3) is 0 Å². The van der Waals surface area contributed by atoms with Crippen LogP contribution in [0.15, 0.2) is 39.3 Å². The van der Waals surface area contributed by atoms with Crippen LogP contribution in [0.4, 0.5) is 0 Å². The van der Waals surface area contributed by atoms with E-state index in [0.29, 0.717) is 15.7 Å². The third-order valence-corrected chi connectivity index (χ3v) is 2.95. The Balaban J connectivity index is 1.98. The van der Waals surface area contributed by atoms with Gasteiger partial charge in [-0.1, -0.05) is 17.3 Å². The number of hydrogen-bond acceptors (Lipinski definition) is 4. The number of carbonyl (C=O) groups excluding carboxylic acids is 2. The maximum atomic E-state index is 11.8. The molecule has 7 heteroatoms. The second-order valence-electron chi connectivity index (χ2n) is 3.72. The predicted molar refractivity (Wildman–Crippen MR) is 70.3 cm³/mol. The van der Waals surface area contributed by atoms with Crippen molar-refractivity contribution < 1.29 is 14.1 Å². The summed E-state index contributed by atoms with van der Waals surface area (Å²) in [6.45, 7) is 1.69. The Kier molecular flexibility index (Phi) is 3.96. The van der Waals surface area contributed by atoms with Gasteiger partial charge in [0.1, 0.15) is 0 Å². The molecule has 0 saturated heterocycles. The van der Waals surface area contributed by atoms with Crippen LogP contribution < -0.4 is 10.9 Å². The number of carbonyl (C=O) groups is 2. The molecule has 0 aliphatic heterocycles. The monoisotopic (exact) mass is 323 g/mol. The predicted octanol–water partition coefficient (Wildman–Crippen LogP) is 1.82. The molecular formula is C12H10BrN3O3. The highest BCUT2D eigenvalue weighted by atomic mass is 79.9. The maximum absolute atomic E-state index is 11.8. The Labute approximate surface area is 117 Å². The SMILES string of the molecule is Cc1cc(C(=O)NNC(=O)c2ccccc2Br)on1. The topological polar surface area (TPSA) is 84.2 Å². The summed E-state index contributed by atoms with van der Waals surface area (Å²) < 4.78 is 5.40. The van der Waals surface area contributed by atoms with Gasteiger partial charge >= 0.3 is 5.91 Å². The molecule has 0 aliphatic carbocycles.